The summed E-state index contributed by atoms with van der Waals surface area (Å²) in [4.78, 5) is 6.65. The first kappa shape index (κ1) is 19.8. The molecular weight excluding hydrogens is 387 g/mol. The molecule has 0 radical (unpaired) electrons. The predicted octanol–water partition coefficient (Wildman–Crippen LogP) is 3.72. The molecule has 10 heteroatoms. The van der Waals surface area contributed by atoms with Crippen molar-refractivity contribution in [3.63, 3.8) is 0 Å². The molecule has 2 bridgehead atoms. The Bertz CT molecular complexity index is 856. The van der Waals surface area contributed by atoms with E-state index in [2.05, 4.69) is 19.7 Å². The minimum atomic E-state index is -4.77. The molecule has 2 atom stereocenters. The molecule has 2 fully saturated rings. The van der Waals surface area contributed by atoms with E-state index >= 15 is 0 Å². The van der Waals surface area contributed by atoms with Gasteiger partial charge in [0.2, 0.25) is 5.95 Å². The summed E-state index contributed by atoms with van der Waals surface area (Å²) >= 11 is 0. The van der Waals surface area contributed by atoms with Gasteiger partial charge < -0.3 is 20.1 Å². The Balaban J connectivity index is 1.56. The normalized spacial score (nSPS) is 24.2. The van der Waals surface area contributed by atoms with Gasteiger partial charge in [0.1, 0.15) is 11.5 Å². The number of piperidine rings is 1. The Morgan fingerprint density at radius 2 is 1.79 bits per heavy atom. The van der Waals surface area contributed by atoms with Gasteiger partial charge in [0.05, 0.1) is 6.04 Å². The van der Waals surface area contributed by atoms with E-state index in [0.717, 1.165) is 25.9 Å². The fourth-order valence-electron chi connectivity index (χ4n) is 4.11. The van der Waals surface area contributed by atoms with Crippen molar-refractivity contribution in [2.24, 2.45) is 17.6 Å². The van der Waals surface area contributed by atoms with Gasteiger partial charge in [-0.3, -0.25) is 0 Å². The number of rotatable bonds is 5. The van der Waals surface area contributed by atoms with Gasteiger partial charge in [0.15, 0.2) is 0 Å². The van der Waals surface area contributed by atoms with E-state index in [1.54, 1.807) is 10.7 Å². The number of anilines is 1. The molecule has 29 heavy (non-hydrogen) atoms. The molecule has 158 valence electrons. The van der Waals surface area contributed by atoms with Crippen molar-refractivity contribution in [2.75, 3.05) is 18.0 Å². The third-order valence-corrected chi connectivity index (χ3v) is 5.52. The first-order valence-electron chi connectivity index (χ1n) is 9.70. The molecular formula is C19H24F3N5O2. The van der Waals surface area contributed by atoms with Crippen LogP contribution in [0, 0.1) is 11.8 Å². The molecule has 7 nitrogen and oxygen atoms in total. The van der Waals surface area contributed by atoms with E-state index in [4.69, 9.17) is 10.5 Å². The number of ether oxygens (including phenoxy) is 2. The highest BCUT2D eigenvalue weighted by Gasteiger charge is 2.41. The van der Waals surface area contributed by atoms with Crippen molar-refractivity contribution >= 4 is 5.95 Å². The van der Waals surface area contributed by atoms with Crippen LogP contribution < -0.4 is 20.1 Å². The summed E-state index contributed by atoms with van der Waals surface area (Å²) in [5.74, 6) is 1.25. The highest BCUT2D eigenvalue weighted by molar-refractivity contribution is 5.37. The molecule has 1 saturated heterocycles. The molecule has 2 heterocycles. The Kier molecular flexibility index (Phi) is 5.05. The van der Waals surface area contributed by atoms with Crippen LogP contribution in [-0.2, 0) is 0 Å². The maximum absolute atomic E-state index is 12.5. The lowest BCUT2D eigenvalue weighted by Crippen LogP contribution is -2.49. The Labute approximate surface area is 166 Å². The summed E-state index contributed by atoms with van der Waals surface area (Å²) in [6.07, 6.45) is -2.54. The van der Waals surface area contributed by atoms with Gasteiger partial charge >= 0.3 is 12.4 Å². The van der Waals surface area contributed by atoms with Crippen molar-refractivity contribution in [1.29, 1.82) is 0 Å². The Morgan fingerprint density at radius 3 is 2.41 bits per heavy atom. The molecule has 1 aromatic carbocycles. The molecule has 1 aliphatic heterocycles. The van der Waals surface area contributed by atoms with Crippen LogP contribution in [0.15, 0.2) is 24.3 Å². The van der Waals surface area contributed by atoms with Gasteiger partial charge in [-0.05, 0) is 50.7 Å². The first-order chi connectivity index (χ1) is 13.7. The van der Waals surface area contributed by atoms with Crippen LogP contribution in [0.4, 0.5) is 19.1 Å². The van der Waals surface area contributed by atoms with Gasteiger partial charge in [-0.2, -0.15) is 4.98 Å². The second kappa shape index (κ2) is 7.40. The van der Waals surface area contributed by atoms with Crippen LogP contribution in [0.2, 0.25) is 0 Å². The molecule has 2 N–H and O–H groups in total. The van der Waals surface area contributed by atoms with Crippen LogP contribution in [0.25, 0.3) is 0 Å². The number of halogens is 3. The fourth-order valence-corrected chi connectivity index (χ4v) is 4.11. The molecule has 1 aromatic heterocycles. The number of benzene rings is 1. The number of alkyl halides is 3. The van der Waals surface area contributed by atoms with Crippen molar-refractivity contribution in [3.8, 4) is 17.5 Å². The number of fused-ring (bicyclic) bond motifs is 2. The molecule has 0 amide bonds. The highest BCUT2D eigenvalue weighted by atomic mass is 19.4. The quantitative estimate of drug-likeness (QED) is 0.808. The van der Waals surface area contributed by atoms with Crippen LogP contribution >= 0.6 is 0 Å². The second-order valence-corrected chi connectivity index (χ2v) is 7.94. The van der Waals surface area contributed by atoms with Crippen LogP contribution in [-0.4, -0.2) is 40.3 Å². The third-order valence-electron chi connectivity index (χ3n) is 5.52. The van der Waals surface area contributed by atoms with Crippen molar-refractivity contribution < 1.29 is 22.6 Å². The first-order valence-corrected chi connectivity index (χ1v) is 9.70. The maximum atomic E-state index is 12.5. The lowest BCUT2D eigenvalue weighted by molar-refractivity contribution is -0.274. The van der Waals surface area contributed by atoms with Gasteiger partial charge in [-0.1, -0.05) is 6.07 Å². The lowest BCUT2D eigenvalue weighted by atomic mass is 9.93. The standard InChI is InChI=1S/C19H24F3N5O2/c1-11(2)27-18(28-14-4-3-5-15(8-14)29-19(20,21)22)24-17(25-27)26-9-12-6-7-13(10-26)16(12)23/h3-5,8,11-13,16H,6-7,9-10,23H2,1-2H3. The van der Waals surface area contributed by atoms with E-state index in [-0.39, 0.29) is 29.6 Å². The van der Waals surface area contributed by atoms with E-state index in [1.165, 1.54) is 18.2 Å². The van der Waals surface area contributed by atoms with E-state index in [0.29, 0.717) is 17.8 Å². The third kappa shape index (κ3) is 4.26. The molecule has 2 unspecified atom stereocenters. The Hall–Kier alpha value is -2.49. The molecule has 1 saturated carbocycles. The minimum absolute atomic E-state index is 0.0374. The number of hydrogen-bond donors (Lipinski definition) is 1. The van der Waals surface area contributed by atoms with Crippen LogP contribution in [0.5, 0.6) is 17.5 Å². The summed E-state index contributed by atoms with van der Waals surface area (Å²) in [5, 5.41) is 4.59. The molecule has 1 aliphatic carbocycles. The van der Waals surface area contributed by atoms with Crippen LogP contribution in [0.1, 0.15) is 32.7 Å². The fraction of sp³-hybridized carbons (Fsp3) is 0.579. The molecule has 0 spiro atoms. The summed E-state index contributed by atoms with van der Waals surface area (Å²) in [6, 6.07) is 5.77. The zero-order chi connectivity index (χ0) is 20.8. The predicted molar refractivity (Wildman–Crippen MR) is 100 cm³/mol. The number of aromatic nitrogens is 3. The Morgan fingerprint density at radius 1 is 1.14 bits per heavy atom. The van der Waals surface area contributed by atoms with Gasteiger partial charge in [0.25, 0.3) is 0 Å². The second-order valence-electron chi connectivity index (χ2n) is 7.94. The van der Waals surface area contributed by atoms with Gasteiger partial charge in [-0.15, -0.1) is 18.3 Å². The van der Waals surface area contributed by atoms with Gasteiger partial charge in [-0.25, -0.2) is 4.68 Å². The van der Waals surface area contributed by atoms with Crippen molar-refractivity contribution in [1.82, 2.24) is 14.8 Å². The molecule has 4 rings (SSSR count). The average molecular weight is 411 g/mol. The number of nitrogens with zero attached hydrogens (tertiary/aromatic N) is 4. The maximum Gasteiger partial charge on any atom is 0.573 e. The summed E-state index contributed by atoms with van der Waals surface area (Å²) in [6.45, 7) is 5.47. The SMILES string of the molecule is CC(C)n1nc(N2CC3CCC(C2)C3N)nc1Oc1cccc(OC(F)(F)F)c1. The summed E-state index contributed by atoms with van der Waals surface area (Å²) in [7, 11) is 0. The lowest BCUT2D eigenvalue weighted by Gasteiger charge is -2.35. The monoisotopic (exact) mass is 411 g/mol. The minimum Gasteiger partial charge on any atom is -0.424 e. The van der Waals surface area contributed by atoms with E-state index < -0.39 is 6.36 Å². The largest absolute Gasteiger partial charge is 0.573 e. The van der Waals surface area contributed by atoms with E-state index in [1.807, 2.05) is 13.8 Å². The number of nitrogens with two attached hydrogens (primary N) is 1. The average Bonchev–Trinajstić information content (AvgIpc) is 3.10. The molecule has 2 aromatic rings. The van der Waals surface area contributed by atoms with Crippen molar-refractivity contribution in [2.45, 2.75) is 45.1 Å². The smallest absolute Gasteiger partial charge is 0.424 e. The highest BCUT2D eigenvalue weighted by Crippen LogP contribution is 2.37. The van der Waals surface area contributed by atoms with Crippen LogP contribution in [0.3, 0.4) is 0 Å². The summed E-state index contributed by atoms with van der Waals surface area (Å²) < 4.78 is 48.8. The van der Waals surface area contributed by atoms with Crippen molar-refractivity contribution in [3.05, 3.63) is 24.3 Å². The topological polar surface area (TPSA) is 78.4 Å². The van der Waals surface area contributed by atoms with Gasteiger partial charge in [0, 0.05) is 25.2 Å². The number of hydrogen-bond acceptors (Lipinski definition) is 6. The van der Waals surface area contributed by atoms with E-state index in [9.17, 15) is 13.2 Å². The summed E-state index contributed by atoms with van der Waals surface area (Å²) in [5.41, 5.74) is 6.28. The zero-order valence-corrected chi connectivity index (χ0v) is 16.3. The molecule has 2 aliphatic rings. The zero-order valence-electron chi connectivity index (χ0n) is 16.3.